The van der Waals surface area contributed by atoms with Crippen LogP contribution >= 0.6 is 0 Å². The topological polar surface area (TPSA) is 99.6 Å². The lowest BCUT2D eigenvalue weighted by molar-refractivity contribution is 0.0950. The summed E-state index contributed by atoms with van der Waals surface area (Å²) in [6.07, 6.45) is 1.37. The molecule has 0 unspecified atom stereocenters. The van der Waals surface area contributed by atoms with Crippen LogP contribution in [-0.2, 0) is 6.61 Å². The summed E-state index contributed by atoms with van der Waals surface area (Å²) in [7, 11) is 0. The summed E-state index contributed by atoms with van der Waals surface area (Å²) in [6.45, 7) is 0.427. The minimum atomic E-state index is -0.451. The monoisotopic (exact) mass is 412 g/mol. The van der Waals surface area contributed by atoms with Crippen molar-refractivity contribution in [1.82, 2.24) is 15.6 Å². The summed E-state index contributed by atoms with van der Waals surface area (Å²) < 4.78 is 5.97. The number of hydrazone groups is 1. The molecule has 4 aromatic rings. The maximum Gasteiger partial charge on any atom is 0.289 e. The largest absolute Gasteiger partial charge is 0.507 e. The normalized spacial score (nSPS) is 10.8. The van der Waals surface area contributed by atoms with Gasteiger partial charge < -0.3 is 9.84 Å². The first kappa shape index (κ1) is 19.9. The molecular formula is C24H20N4O3. The van der Waals surface area contributed by atoms with Gasteiger partial charge in [0, 0.05) is 11.1 Å². The Kier molecular flexibility index (Phi) is 6.04. The summed E-state index contributed by atoms with van der Waals surface area (Å²) in [6, 6.07) is 25.7. The number of phenolic OH excluding ortho intramolecular Hbond substituents is 1. The Hall–Kier alpha value is -4.39. The Balaban J connectivity index is 1.45. The second-order valence-electron chi connectivity index (χ2n) is 6.70. The van der Waals surface area contributed by atoms with Crippen molar-refractivity contribution in [3.05, 3.63) is 102 Å². The molecule has 154 valence electrons. The van der Waals surface area contributed by atoms with Crippen molar-refractivity contribution in [1.29, 1.82) is 0 Å². The Labute approximate surface area is 179 Å². The zero-order valence-electron chi connectivity index (χ0n) is 16.5. The van der Waals surface area contributed by atoms with Crippen LogP contribution in [0.4, 0.5) is 0 Å². The van der Waals surface area contributed by atoms with Gasteiger partial charge in [-0.1, -0.05) is 54.6 Å². The van der Waals surface area contributed by atoms with Gasteiger partial charge in [-0.05, 0) is 35.9 Å². The predicted octanol–water partition coefficient (Wildman–Crippen LogP) is 4.13. The number of H-pyrrole nitrogens is 1. The van der Waals surface area contributed by atoms with Crippen LogP contribution in [0, 0.1) is 0 Å². The number of nitrogens with zero attached hydrogens (tertiary/aromatic N) is 2. The number of carbonyl (C=O) groups is 1. The van der Waals surface area contributed by atoms with Crippen LogP contribution in [0.15, 0.2) is 90.0 Å². The molecule has 1 amide bonds. The van der Waals surface area contributed by atoms with Gasteiger partial charge in [0.2, 0.25) is 0 Å². The van der Waals surface area contributed by atoms with Gasteiger partial charge in [-0.25, -0.2) is 5.43 Å². The fourth-order valence-electron chi connectivity index (χ4n) is 2.93. The van der Waals surface area contributed by atoms with Crippen LogP contribution < -0.4 is 10.2 Å². The van der Waals surface area contributed by atoms with E-state index in [4.69, 9.17) is 4.74 Å². The van der Waals surface area contributed by atoms with E-state index in [0.717, 1.165) is 11.1 Å². The molecule has 0 saturated carbocycles. The van der Waals surface area contributed by atoms with E-state index in [1.807, 2.05) is 54.6 Å². The van der Waals surface area contributed by atoms with E-state index in [1.54, 1.807) is 30.3 Å². The van der Waals surface area contributed by atoms with Crippen molar-refractivity contribution >= 4 is 12.1 Å². The Morgan fingerprint density at radius 3 is 2.61 bits per heavy atom. The van der Waals surface area contributed by atoms with Crippen LogP contribution in [0.3, 0.4) is 0 Å². The highest BCUT2D eigenvalue weighted by Gasteiger charge is 2.14. The van der Waals surface area contributed by atoms with E-state index in [9.17, 15) is 9.90 Å². The molecule has 7 heteroatoms. The molecule has 3 aromatic carbocycles. The maximum absolute atomic E-state index is 12.4. The lowest BCUT2D eigenvalue weighted by Crippen LogP contribution is -2.18. The highest BCUT2D eigenvalue weighted by molar-refractivity contribution is 5.94. The first-order valence-electron chi connectivity index (χ1n) is 9.63. The molecule has 31 heavy (non-hydrogen) atoms. The van der Waals surface area contributed by atoms with Gasteiger partial charge in [-0.15, -0.1) is 0 Å². The average Bonchev–Trinajstić information content (AvgIpc) is 3.30. The summed E-state index contributed by atoms with van der Waals surface area (Å²) in [5, 5.41) is 20.6. The van der Waals surface area contributed by atoms with Crippen molar-refractivity contribution in [2.24, 2.45) is 5.10 Å². The molecule has 7 nitrogen and oxygen atoms in total. The fraction of sp³-hybridized carbons (Fsp3) is 0.0417. The number of hydrogen-bond acceptors (Lipinski definition) is 5. The average molecular weight is 412 g/mol. The summed E-state index contributed by atoms with van der Waals surface area (Å²) in [4.78, 5) is 12.4. The second kappa shape index (κ2) is 9.41. The van der Waals surface area contributed by atoms with Crippen molar-refractivity contribution in [2.45, 2.75) is 6.61 Å². The number of para-hydroxylation sites is 2. The molecule has 0 spiro atoms. The van der Waals surface area contributed by atoms with Crippen molar-refractivity contribution < 1.29 is 14.6 Å². The third-order valence-corrected chi connectivity index (χ3v) is 4.53. The van der Waals surface area contributed by atoms with Gasteiger partial charge in [0.1, 0.15) is 23.8 Å². The molecule has 0 bridgehead atoms. The van der Waals surface area contributed by atoms with Crippen molar-refractivity contribution in [3.63, 3.8) is 0 Å². The summed E-state index contributed by atoms with van der Waals surface area (Å²) >= 11 is 0. The van der Waals surface area contributed by atoms with Gasteiger partial charge in [0.25, 0.3) is 5.91 Å². The van der Waals surface area contributed by atoms with E-state index >= 15 is 0 Å². The van der Waals surface area contributed by atoms with E-state index in [0.29, 0.717) is 23.6 Å². The molecule has 3 N–H and O–H groups in total. The number of ether oxygens (including phenoxy) is 1. The Bertz CT molecular complexity index is 1200. The number of aromatic hydroxyl groups is 1. The fourth-order valence-corrected chi connectivity index (χ4v) is 2.93. The van der Waals surface area contributed by atoms with Gasteiger partial charge in [0.05, 0.1) is 11.9 Å². The summed E-state index contributed by atoms with van der Waals surface area (Å²) in [5.41, 5.74) is 5.58. The third-order valence-electron chi connectivity index (χ3n) is 4.53. The molecule has 0 radical (unpaired) electrons. The lowest BCUT2D eigenvalue weighted by Gasteiger charge is -2.10. The van der Waals surface area contributed by atoms with E-state index < -0.39 is 5.91 Å². The smallest absolute Gasteiger partial charge is 0.289 e. The van der Waals surface area contributed by atoms with Crippen LogP contribution in [0.2, 0.25) is 0 Å². The molecule has 0 aliphatic rings. The van der Waals surface area contributed by atoms with E-state index in [-0.39, 0.29) is 11.4 Å². The quantitative estimate of drug-likeness (QED) is 0.314. The van der Waals surface area contributed by atoms with E-state index in [1.165, 1.54) is 6.21 Å². The summed E-state index contributed by atoms with van der Waals surface area (Å²) in [5.74, 6) is 0.298. The van der Waals surface area contributed by atoms with Gasteiger partial charge >= 0.3 is 0 Å². The lowest BCUT2D eigenvalue weighted by atomic mass is 10.1. The molecule has 0 aliphatic heterocycles. The molecule has 0 fully saturated rings. The molecule has 0 aliphatic carbocycles. The number of nitrogens with one attached hydrogen (secondary N) is 2. The molecular weight excluding hydrogens is 392 g/mol. The minimum Gasteiger partial charge on any atom is -0.507 e. The zero-order chi connectivity index (χ0) is 21.5. The Morgan fingerprint density at radius 1 is 1.03 bits per heavy atom. The molecule has 1 aromatic heterocycles. The minimum absolute atomic E-state index is 0.0800. The van der Waals surface area contributed by atoms with Gasteiger partial charge in [-0.3, -0.25) is 9.89 Å². The number of carbonyl (C=O) groups excluding carboxylic acids is 1. The van der Waals surface area contributed by atoms with Crippen molar-refractivity contribution in [3.8, 4) is 22.8 Å². The number of aromatic nitrogens is 2. The SMILES string of the molecule is O=C(N/N=C/c1ccccc1O)c1cc(-c2ccccc2OCc2ccccc2)n[nH]1. The number of aromatic amines is 1. The number of phenols is 1. The predicted molar refractivity (Wildman–Crippen MR) is 118 cm³/mol. The molecule has 0 saturated heterocycles. The molecule has 0 atom stereocenters. The highest BCUT2D eigenvalue weighted by atomic mass is 16.5. The van der Waals surface area contributed by atoms with Crippen LogP contribution in [-0.4, -0.2) is 27.4 Å². The van der Waals surface area contributed by atoms with Crippen molar-refractivity contribution in [2.75, 3.05) is 0 Å². The van der Waals surface area contributed by atoms with Crippen LogP contribution in [0.25, 0.3) is 11.3 Å². The highest BCUT2D eigenvalue weighted by Crippen LogP contribution is 2.29. The first-order valence-corrected chi connectivity index (χ1v) is 9.63. The first-order chi connectivity index (χ1) is 15.2. The van der Waals surface area contributed by atoms with Gasteiger partial charge in [0.15, 0.2) is 0 Å². The second-order valence-corrected chi connectivity index (χ2v) is 6.70. The molecule has 1 heterocycles. The number of benzene rings is 3. The number of rotatable bonds is 7. The number of amides is 1. The van der Waals surface area contributed by atoms with Crippen LogP contribution in [0.5, 0.6) is 11.5 Å². The van der Waals surface area contributed by atoms with Gasteiger partial charge in [-0.2, -0.15) is 10.2 Å². The van der Waals surface area contributed by atoms with Crippen LogP contribution in [0.1, 0.15) is 21.6 Å². The standard InChI is InChI=1S/C24H20N4O3/c29-22-12-6-4-10-18(22)15-25-28-24(30)21-14-20(26-27-21)19-11-5-7-13-23(19)31-16-17-8-2-1-3-9-17/h1-15,29H,16H2,(H,26,27)(H,28,30)/b25-15+. The Morgan fingerprint density at radius 2 is 1.77 bits per heavy atom. The molecule has 4 rings (SSSR count). The maximum atomic E-state index is 12.4. The van der Waals surface area contributed by atoms with E-state index in [2.05, 4.69) is 20.7 Å². The number of hydrogen-bond donors (Lipinski definition) is 3. The zero-order valence-corrected chi connectivity index (χ0v) is 16.5. The third kappa shape index (κ3) is 4.97.